The summed E-state index contributed by atoms with van der Waals surface area (Å²) in [7, 11) is 0. The van der Waals surface area contributed by atoms with E-state index in [1.165, 1.54) is 0 Å². The average Bonchev–Trinajstić information content (AvgIpc) is 2.84. The number of hydrogen-bond acceptors (Lipinski definition) is 3. The first-order valence-electron chi connectivity index (χ1n) is 6.60. The molecule has 0 unspecified atom stereocenters. The summed E-state index contributed by atoms with van der Waals surface area (Å²) in [5, 5.41) is 4.73. The van der Waals surface area contributed by atoms with E-state index in [0.717, 1.165) is 22.1 Å². The van der Waals surface area contributed by atoms with Gasteiger partial charge in [0.1, 0.15) is 5.69 Å². The number of carbonyl (C=O) groups is 1. The maximum Gasteiger partial charge on any atom is 0.265 e. The lowest BCUT2D eigenvalue weighted by molar-refractivity contribution is 0.101. The fraction of sp³-hybridized carbons (Fsp3) is 0. The van der Waals surface area contributed by atoms with Crippen LogP contribution in [0.2, 0.25) is 0 Å². The van der Waals surface area contributed by atoms with E-state index in [2.05, 4.69) is 5.18 Å². The lowest BCUT2D eigenvalue weighted by atomic mass is 10.0. The molecule has 0 saturated carbocycles. The highest BCUT2D eigenvalue weighted by Gasteiger charge is 2.33. The Kier molecular flexibility index (Phi) is 2.38. The van der Waals surface area contributed by atoms with Gasteiger partial charge in [-0.2, -0.15) is 0 Å². The highest BCUT2D eigenvalue weighted by Crippen LogP contribution is 2.44. The number of hydrogen-bond donors (Lipinski definition) is 0. The van der Waals surface area contributed by atoms with Crippen LogP contribution in [0.15, 0.2) is 65.8 Å². The highest BCUT2D eigenvalue weighted by molar-refractivity contribution is 6.30. The predicted molar refractivity (Wildman–Crippen MR) is 82.3 cm³/mol. The standard InChI is InChI=1S/C17H10N2O2/c20-17-16-13(18-21)10-9-11-5-4-8-14(15(11)16)19(17)12-6-2-1-3-7-12/h1-10H. The number of carbonyl (C=O) groups excluding carboxylic acids is 1. The first-order valence-corrected chi connectivity index (χ1v) is 6.60. The first-order chi connectivity index (χ1) is 10.3. The van der Waals surface area contributed by atoms with Crippen molar-refractivity contribution in [3.8, 4) is 0 Å². The van der Waals surface area contributed by atoms with E-state index in [1.807, 2.05) is 54.6 Å². The van der Waals surface area contributed by atoms with Crippen molar-refractivity contribution in [2.24, 2.45) is 5.18 Å². The minimum absolute atomic E-state index is 0.193. The van der Waals surface area contributed by atoms with Gasteiger partial charge in [0.2, 0.25) is 0 Å². The molecule has 0 bridgehead atoms. The molecule has 0 spiro atoms. The van der Waals surface area contributed by atoms with Crippen molar-refractivity contribution in [3.05, 3.63) is 71.1 Å². The molecular weight excluding hydrogens is 264 g/mol. The van der Waals surface area contributed by atoms with Crippen molar-refractivity contribution in [1.82, 2.24) is 0 Å². The van der Waals surface area contributed by atoms with Gasteiger partial charge in [0.05, 0.1) is 11.3 Å². The van der Waals surface area contributed by atoms with Gasteiger partial charge in [0.25, 0.3) is 5.91 Å². The summed E-state index contributed by atoms with van der Waals surface area (Å²) in [6.07, 6.45) is 0. The molecule has 3 aromatic rings. The van der Waals surface area contributed by atoms with Crippen LogP contribution >= 0.6 is 0 Å². The second-order valence-electron chi connectivity index (χ2n) is 4.90. The fourth-order valence-electron chi connectivity index (χ4n) is 2.88. The topological polar surface area (TPSA) is 49.7 Å². The third-order valence-electron chi connectivity index (χ3n) is 3.77. The van der Waals surface area contributed by atoms with Crippen LogP contribution in [0.3, 0.4) is 0 Å². The molecular formula is C17H10N2O2. The van der Waals surface area contributed by atoms with Crippen molar-refractivity contribution in [1.29, 1.82) is 0 Å². The summed E-state index contributed by atoms with van der Waals surface area (Å²) in [5.74, 6) is -0.206. The molecule has 0 saturated heterocycles. The van der Waals surface area contributed by atoms with Crippen LogP contribution in [0.5, 0.6) is 0 Å². The van der Waals surface area contributed by atoms with E-state index in [9.17, 15) is 9.70 Å². The van der Waals surface area contributed by atoms with Crippen molar-refractivity contribution in [2.75, 3.05) is 4.90 Å². The maximum absolute atomic E-state index is 12.8. The summed E-state index contributed by atoms with van der Waals surface area (Å²) in [6, 6.07) is 18.5. The van der Waals surface area contributed by atoms with E-state index >= 15 is 0 Å². The first kappa shape index (κ1) is 11.8. The zero-order chi connectivity index (χ0) is 14.4. The number of anilines is 2. The quantitative estimate of drug-likeness (QED) is 0.644. The molecule has 0 aromatic heterocycles. The van der Waals surface area contributed by atoms with E-state index in [1.54, 1.807) is 11.0 Å². The van der Waals surface area contributed by atoms with Gasteiger partial charge in [-0.1, -0.05) is 36.4 Å². The van der Waals surface area contributed by atoms with Gasteiger partial charge in [-0.3, -0.25) is 9.69 Å². The van der Waals surface area contributed by atoms with Gasteiger partial charge in [-0.05, 0) is 34.8 Å². The van der Waals surface area contributed by atoms with E-state index in [-0.39, 0.29) is 11.6 Å². The Morgan fingerprint density at radius 3 is 2.43 bits per heavy atom. The molecule has 0 atom stereocenters. The summed E-state index contributed by atoms with van der Waals surface area (Å²) in [4.78, 5) is 25.4. The number of amides is 1. The van der Waals surface area contributed by atoms with Gasteiger partial charge in [-0.25, -0.2) is 0 Å². The van der Waals surface area contributed by atoms with E-state index < -0.39 is 0 Å². The van der Waals surface area contributed by atoms with Crippen LogP contribution < -0.4 is 4.90 Å². The zero-order valence-corrected chi connectivity index (χ0v) is 11.0. The van der Waals surface area contributed by atoms with Gasteiger partial charge in [-0.15, -0.1) is 4.91 Å². The van der Waals surface area contributed by atoms with Crippen LogP contribution in [-0.2, 0) is 0 Å². The van der Waals surface area contributed by atoms with Crippen LogP contribution in [0.1, 0.15) is 10.4 Å². The SMILES string of the molecule is O=Nc1ccc2cccc3c2c1C(=O)N3c1ccccc1. The number of rotatable bonds is 2. The molecule has 3 aromatic carbocycles. The Labute approximate surface area is 120 Å². The molecule has 4 rings (SSSR count). The molecule has 4 nitrogen and oxygen atoms in total. The Morgan fingerprint density at radius 2 is 1.67 bits per heavy atom. The maximum atomic E-state index is 12.8. The molecule has 0 fully saturated rings. The molecule has 0 aliphatic carbocycles. The van der Waals surface area contributed by atoms with Crippen molar-refractivity contribution < 1.29 is 4.79 Å². The average molecular weight is 274 g/mol. The van der Waals surface area contributed by atoms with Crippen molar-refractivity contribution >= 4 is 33.7 Å². The Bertz CT molecular complexity index is 888. The molecule has 1 amide bonds. The lowest BCUT2D eigenvalue weighted by Gasteiger charge is -2.17. The molecule has 1 aliphatic heterocycles. The van der Waals surface area contributed by atoms with Crippen LogP contribution in [0.25, 0.3) is 10.8 Å². The molecule has 1 heterocycles. The second kappa shape index (κ2) is 4.24. The third-order valence-corrected chi connectivity index (χ3v) is 3.77. The van der Waals surface area contributed by atoms with Gasteiger partial charge in [0.15, 0.2) is 0 Å². The molecule has 100 valence electrons. The molecule has 4 heteroatoms. The van der Waals surface area contributed by atoms with E-state index in [0.29, 0.717) is 5.56 Å². The normalized spacial score (nSPS) is 13.0. The van der Waals surface area contributed by atoms with Crippen LogP contribution in [0.4, 0.5) is 17.1 Å². The molecule has 1 aliphatic rings. The smallest absolute Gasteiger partial charge is 0.265 e. The molecule has 0 radical (unpaired) electrons. The number of para-hydroxylation sites is 1. The fourth-order valence-corrected chi connectivity index (χ4v) is 2.88. The summed E-state index contributed by atoms with van der Waals surface area (Å²) in [6.45, 7) is 0. The van der Waals surface area contributed by atoms with E-state index in [4.69, 9.17) is 0 Å². The van der Waals surface area contributed by atoms with Crippen LogP contribution in [0, 0.1) is 4.91 Å². The Hall–Kier alpha value is -3.01. The minimum atomic E-state index is -0.206. The number of nitrogens with zero attached hydrogens (tertiary/aromatic N) is 2. The highest BCUT2D eigenvalue weighted by atomic mass is 16.3. The van der Waals surface area contributed by atoms with Gasteiger partial charge >= 0.3 is 0 Å². The number of nitroso groups, excluding NO2 is 1. The molecule has 0 N–H and O–H groups in total. The summed E-state index contributed by atoms with van der Waals surface area (Å²) in [5.41, 5.74) is 2.16. The lowest BCUT2D eigenvalue weighted by Crippen LogP contribution is -2.20. The zero-order valence-electron chi connectivity index (χ0n) is 11.0. The van der Waals surface area contributed by atoms with Crippen molar-refractivity contribution in [3.63, 3.8) is 0 Å². The Morgan fingerprint density at radius 1 is 0.857 bits per heavy atom. The Balaban J connectivity index is 2.07. The van der Waals surface area contributed by atoms with Gasteiger partial charge < -0.3 is 0 Å². The largest absolute Gasteiger partial charge is 0.276 e. The third kappa shape index (κ3) is 1.53. The van der Waals surface area contributed by atoms with Crippen molar-refractivity contribution in [2.45, 2.75) is 0 Å². The van der Waals surface area contributed by atoms with Crippen LogP contribution in [-0.4, -0.2) is 5.91 Å². The second-order valence-corrected chi connectivity index (χ2v) is 4.90. The molecule has 21 heavy (non-hydrogen) atoms. The summed E-state index contributed by atoms with van der Waals surface area (Å²) >= 11 is 0. The summed E-state index contributed by atoms with van der Waals surface area (Å²) < 4.78 is 0. The van der Waals surface area contributed by atoms with Gasteiger partial charge in [0, 0.05) is 11.1 Å². The minimum Gasteiger partial charge on any atom is -0.276 e. The number of benzene rings is 3. The monoisotopic (exact) mass is 274 g/mol. The predicted octanol–water partition coefficient (Wildman–Crippen LogP) is 4.53.